The number of carboxylic acids is 1. The summed E-state index contributed by atoms with van der Waals surface area (Å²) >= 11 is 3.17. The highest BCUT2D eigenvalue weighted by molar-refractivity contribution is 9.08. The Bertz CT molecular complexity index is 404. The summed E-state index contributed by atoms with van der Waals surface area (Å²) in [6.07, 6.45) is 0.429. The molecule has 0 aliphatic rings. The number of nitro benzene ring substituents is 1. The lowest BCUT2D eigenvalue weighted by Crippen LogP contribution is -2.07. The number of carboxylic acid groups (broad SMARTS) is 1. The van der Waals surface area contributed by atoms with E-state index in [1.807, 2.05) is 0 Å². The van der Waals surface area contributed by atoms with Crippen molar-refractivity contribution in [2.45, 2.75) is 18.7 Å². The van der Waals surface area contributed by atoms with E-state index in [1.165, 1.54) is 12.1 Å². The molecule has 0 saturated carbocycles. The quantitative estimate of drug-likeness (QED) is 0.524. The lowest BCUT2D eigenvalue weighted by atomic mass is 9.98. The van der Waals surface area contributed by atoms with Gasteiger partial charge in [-0.2, -0.15) is 0 Å². The van der Waals surface area contributed by atoms with Crippen molar-refractivity contribution in [1.82, 2.24) is 0 Å². The number of rotatable bonds is 4. The topological polar surface area (TPSA) is 80.4 Å². The Hall–Kier alpha value is -1.43. The van der Waals surface area contributed by atoms with Crippen LogP contribution in [0.25, 0.3) is 0 Å². The Morgan fingerprint density at radius 2 is 2.12 bits per heavy atom. The molecule has 0 fully saturated rings. The number of halogens is 1. The van der Waals surface area contributed by atoms with Crippen LogP contribution in [0.5, 0.6) is 0 Å². The first-order valence-corrected chi connectivity index (χ1v) is 5.73. The number of hydrogen-bond donors (Lipinski definition) is 1. The van der Waals surface area contributed by atoms with Crippen LogP contribution < -0.4 is 0 Å². The summed E-state index contributed by atoms with van der Waals surface area (Å²) in [5.41, 5.74) is 1.03. The van der Waals surface area contributed by atoms with Crippen molar-refractivity contribution < 1.29 is 14.8 Å². The number of hydrogen-bond acceptors (Lipinski definition) is 3. The minimum atomic E-state index is -1.07. The molecule has 0 amide bonds. The maximum atomic E-state index is 10.9. The summed E-state index contributed by atoms with van der Waals surface area (Å²) < 4.78 is 0. The normalized spacial score (nSPS) is 10.1. The van der Waals surface area contributed by atoms with E-state index in [9.17, 15) is 14.9 Å². The van der Waals surface area contributed by atoms with E-state index in [0.29, 0.717) is 22.9 Å². The Labute approximate surface area is 100 Å². The number of carbonyl (C=O) groups is 1. The van der Waals surface area contributed by atoms with Gasteiger partial charge < -0.3 is 5.11 Å². The van der Waals surface area contributed by atoms with Crippen molar-refractivity contribution in [3.63, 3.8) is 0 Å². The molecular weight excluding hydrogens is 278 g/mol. The van der Waals surface area contributed by atoms with E-state index < -0.39 is 10.9 Å². The molecule has 0 unspecified atom stereocenters. The first kappa shape index (κ1) is 12.6. The maximum Gasteiger partial charge on any atom is 0.336 e. The third-order valence-electron chi connectivity index (χ3n) is 2.32. The van der Waals surface area contributed by atoms with Crippen molar-refractivity contribution in [1.29, 1.82) is 0 Å². The van der Waals surface area contributed by atoms with Crippen LogP contribution in [-0.2, 0) is 11.8 Å². The summed E-state index contributed by atoms with van der Waals surface area (Å²) in [6.45, 7) is 1.76. The third kappa shape index (κ3) is 2.21. The van der Waals surface area contributed by atoms with Gasteiger partial charge in [0.2, 0.25) is 0 Å². The smallest absolute Gasteiger partial charge is 0.336 e. The molecule has 0 heterocycles. The lowest BCUT2D eigenvalue weighted by Gasteiger charge is -2.09. The van der Waals surface area contributed by atoms with Crippen molar-refractivity contribution >= 4 is 27.6 Å². The van der Waals surface area contributed by atoms with Crippen molar-refractivity contribution in [3.05, 3.63) is 38.9 Å². The second kappa shape index (κ2) is 5.07. The van der Waals surface area contributed by atoms with Gasteiger partial charge in [0, 0.05) is 17.0 Å². The molecule has 0 aromatic heterocycles. The van der Waals surface area contributed by atoms with Gasteiger partial charge in [-0.1, -0.05) is 22.9 Å². The van der Waals surface area contributed by atoms with Crippen LogP contribution in [0.3, 0.4) is 0 Å². The molecule has 0 spiro atoms. The lowest BCUT2D eigenvalue weighted by molar-refractivity contribution is -0.385. The zero-order valence-electron chi connectivity index (χ0n) is 8.57. The molecule has 0 bridgehead atoms. The third-order valence-corrected chi connectivity index (χ3v) is 2.88. The van der Waals surface area contributed by atoms with Crippen LogP contribution in [0.15, 0.2) is 12.1 Å². The Morgan fingerprint density at radius 1 is 1.50 bits per heavy atom. The first-order valence-electron chi connectivity index (χ1n) is 4.61. The highest BCUT2D eigenvalue weighted by Crippen LogP contribution is 2.28. The number of alkyl halides is 1. The van der Waals surface area contributed by atoms with Gasteiger partial charge in [-0.05, 0) is 18.1 Å². The molecule has 5 nitrogen and oxygen atoms in total. The molecule has 0 radical (unpaired) electrons. The van der Waals surface area contributed by atoms with Crippen LogP contribution in [0.1, 0.15) is 28.4 Å². The summed E-state index contributed by atoms with van der Waals surface area (Å²) in [5.74, 6) is -1.07. The molecule has 0 saturated heterocycles. The molecule has 1 rings (SSSR count). The highest BCUT2D eigenvalue weighted by Gasteiger charge is 2.21. The van der Waals surface area contributed by atoms with E-state index in [1.54, 1.807) is 6.92 Å². The van der Waals surface area contributed by atoms with Gasteiger partial charge in [0.05, 0.1) is 10.5 Å². The summed E-state index contributed by atoms with van der Waals surface area (Å²) in [6, 6.07) is 2.52. The second-order valence-electron chi connectivity index (χ2n) is 3.14. The van der Waals surface area contributed by atoms with Gasteiger partial charge in [-0.3, -0.25) is 10.1 Å². The molecule has 0 atom stereocenters. The van der Waals surface area contributed by atoms with Gasteiger partial charge in [0.15, 0.2) is 0 Å². The van der Waals surface area contributed by atoms with Crippen molar-refractivity contribution in [2.75, 3.05) is 0 Å². The van der Waals surface area contributed by atoms with Crippen LogP contribution in [0, 0.1) is 10.1 Å². The van der Waals surface area contributed by atoms with Crippen LogP contribution >= 0.6 is 15.9 Å². The minimum Gasteiger partial charge on any atom is -0.478 e. The first-order chi connectivity index (χ1) is 7.52. The van der Waals surface area contributed by atoms with Crippen molar-refractivity contribution in [2.24, 2.45) is 0 Å². The Kier molecular flexibility index (Phi) is 4.00. The van der Waals surface area contributed by atoms with E-state index in [-0.39, 0.29) is 11.3 Å². The fourth-order valence-electron chi connectivity index (χ4n) is 1.60. The van der Waals surface area contributed by atoms with Gasteiger partial charge >= 0.3 is 5.97 Å². The van der Waals surface area contributed by atoms with Crippen LogP contribution in [0.2, 0.25) is 0 Å². The average molecular weight is 288 g/mol. The van der Waals surface area contributed by atoms with Crippen molar-refractivity contribution in [3.8, 4) is 0 Å². The number of nitro groups is 1. The minimum absolute atomic E-state index is 0.0260. The number of aromatic carboxylic acids is 1. The Balaban J connectivity index is 3.52. The van der Waals surface area contributed by atoms with Gasteiger partial charge in [-0.15, -0.1) is 0 Å². The molecule has 1 aromatic carbocycles. The Morgan fingerprint density at radius 3 is 2.50 bits per heavy atom. The molecule has 1 N–H and O–H groups in total. The molecular formula is C10H10BrNO4. The fraction of sp³-hybridized carbons (Fsp3) is 0.300. The molecule has 86 valence electrons. The summed E-state index contributed by atoms with van der Waals surface area (Å²) in [5, 5.41) is 20.0. The molecule has 1 aromatic rings. The fourth-order valence-corrected chi connectivity index (χ4v) is 2.24. The second-order valence-corrected chi connectivity index (χ2v) is 3.70. The van der Waals surface area contributed by atoms with E-state index >= 15 is 0 Å². The van der Waals surface area contributed by atoms with Crippen LogP contribution in [0.4, 0.5) is 5.69 Å². The standard InChI is InChI=1S/C10H10BrNO4/c1-2-6-8(5-11)7(10(13)14)3-4-9(6)12(15)16/h3-4H,2,5H2,1H3,(H,13,14). The van der Waals surface area contributed by atoms with Gasteiger partial charge in [0.1, 0.15) is 0 Å². The largest absolute Gasteiger partial charge is 0.478 e. The van der Waals surface area contributed by atoms with E-state index in [2.05, 4.69) is 15.9 Å². The predicted octanol–water partition coefficient (Wildman–Crippen LogP) is 2.75. The monoisotopic (exact) mass is 287 g/mol. The molecule has 6 heteroatoms. The molecule has 0 aliphatic carbocycles. The maximum absolute atomic E-state index is 10.9. The SMILES string of the molecule is CCc1c([N+](=O)[O-])ccc(C(=O)O)c1CBr. The van der Waals surface area contributed by atoms with Gasteiger partial charge in [-0.25, -0.2) is 4.79 Å². The zero-order chi connectivity index (χ0) is 12.3. The number of benzene rings is 1. The molecule has 0 aliphatic heterocycles. The molecule has 16 heavy (non-hydrogen) atoms. The van der Waals surface area contributed by atoms with Gasteiger partial charge in [0.25, 0.3) is 5.69 Å². The number of nitrogens with zero attached hydrogens (tertiary/aromatic N) is 1. The summed E-state index contributed by atoms with van der Waals surface area (Å²) in [7, 11) is 0. The van der Waals surface area contributed by atoms with Crippen LogP contribution in [-0.4, -0.2) is 16.0 Å². The predicted molar refractivity (Wildman–Crippen MR) is 62.1 cm³/mol. The summed E-state index contributed by atoms with van der Waals surface area (Å²) in [4.78, 5) is 21.2. The van der Waals surface area contributed by atoms with E-state index in [4.69, 9.17) is 5.11 Å². The van der Waals surface area contributed by atoms with E-state index in [0.717, 1.165) is 0 Å². The zero-order valence-corrected chi connectivity index (χ0v) is 10.2. The highest BCUT2D eigenvalue weighted by atomic mass is 79.9. The average Bonchev–Trinajstić information content (AvgIpc) is 2.26.